The summed E-state index contributed by atoms with van der Waals surface area (Å²) in [6, 6.07) is 7.73. The van der Waals surface area contributed by atoms with Crippen LogP contribution in [0.15, 0.2) is 29.2 Å². The highest BCUT2D eigenvalue weighted by Crippen LogP contribution is 2.13. The second-order valence-corrected chi connectivity index (χ2v) is 5.58. The largest absolute Gasteiger partial charge is 0.355 e. The number of amides is 1. The lowest BCUT2D eigenvalue weighted by atomic mass is 10.1. The van der Waals surface area contributed by atoms with Crippen LogP contribution in [-0.4, -0.2) is 37.5 Å². The van der Waals surface area contributed by atoms with E-state index in [1.165, 1.54) is 6.42 Å². The van der Waals surface area contributed by atoms with Crippen LogP contribution in [-0.2, 0) is 11.2 Å². The molecule has 1 atom stereocenters. The Balaban J connectivity index is 1.73. The van der Waals surface area contributed by atoms with Crippen LogP contribution in [0.4, 0.5) is 0 Å². The van der Waals surface area contributed by atoms with Gasteiger partial charge in [0.1, 0.15) is 0 Å². The lowest BCUT2D eigenvalue weighted by Gasteiger charge is -2.11. The fraction of sp³-hybridized carbons (Fsp3) is 0.500. The van der Waals surface area contributed by atoms with E-state index in [1.807, 2.05) is 24.3 Å². The van der Waals surface area contributed by atoms with Gasteiger partial charge in [0.05, 0.1) is 6.42 Å². The van der Waals surface area contributed by atoms with E-state index < -0.39 is 0 Å². The summed E-state index contributed by atoms with van der Waals surface area (Å²) in [5.41, 5.74) is 1.04. The van der Waals surface area contributed by atoms with E-state index in [4.69, 9.17) is 0 Å². The summed E-state index contributed by atoms with van der Waals surface area (Å²) in [6.45, 7) is 3.03. The summed E-state index contributed by atoms with van der Waals surface area (Å²) in [5.74, 6) is 0.718. The monoisotopic (exact) mass is 264 g/mol. The van der Waals surface area contributed by atoms with Crippen LogP contribution in [0, 0.1) is 5.92 Å². The molecular formula is C14H20N2OS. The van der Waals surface area contributed by atoms with E-state index in [0.29, 0.717) is 12.3 Å². The number of hydrogen-bond acceptors (Lipinski definition) is 3. The summed E-state index contributed by atoms with van der Waals surface area (Å²) < 4.78 is 0. The fourth-order valence-corrected chi connectivity index (χ4v) is 2.46. The van der Waals surface area contributed by atoms with Crippen LogP contribution < -0.4 is 5.32 Å². The Morgan fingerprint density at radius 2 is 2.17 bits per heavy atom. The average Bonchev–Trinajstić information content (AvgIpc) is 2.76. The van der Waals surface area contributed by atoms with Crippen molar-refractivity contribution in [1.82, 2.24) is 10.2 Å². The number of carbonyl (C=O) groups is 1. The molecular weight excluding hydrogens is 244 g/mol. The summed E-state index contributed by atoms with van der Waals surface area (Å²) in [4.78, 5) is 15.0. The third kappa shape index (κ3) is 4.03. The highest BCUT2D eigenvalue weighted by molar-refractivity contribution is 7.80. The van der Waals surface area contributed by atoms with Gasteiger partial charge in [0.15, 0.2) is 0 Å². The van der Waals surface area contributed by atoms with Crippen molar-refractivity contribution in [3.8, 4) is 0 Å². The van der Waals surface area contributed by atoms with Crippen molar-refractivity contribution < 1.29 is 4.79 Å². The minimum Gasteiger partial charge on any atom is -0.355 e. The topological polar surface area (TPSA) is 32.3 Å². The molecule has 18 heavy (non-hydrogen) atoms. The quantitative estimate of drug-likeness (QED) is 0.810. The predicted octanol–water partition coefficient (Wildman–Crippen LogP) is 1.59. The van der Waals surface area contributed by atoms with Crippen LogP contribution >= 0.6 is 12.6 Å². The molecule has 1 aromatic carbocycles. The molecule has 98 valence electrons. The van der Waals surface area contributed by atoms with Crippen molar-refractivity contribution in [2.24, 2.45) is 5.92 Å². The van der Waals surface area contributed by atoms with Gasteiger partial charge in [-0.2, -0.15) is 0 Å². The number of likely N-dealkylation sites (tertiary alicyclic amines) is 1. The minimum absolute atomic E-state index is 0.108. The molecule has 1 amide bonds. The summed E-state index contributed by atoms with van der Waals surface area (Å²) in [6.07, 6.45) is 1.64. The van der Waals surface area contributed by atoms with Crippen LogP contribution in [0.2, 0.25) is 0 Å². The van der Waals surface area contributed by atoms with Gasteiger partial charge in [0, 0.05) is 18.0 Å². The maximum absolute atomic E-state index is 11.8. The summed E-state index contributed by atoms with van der Waals surface area (Å²) in [7, 11) is 2.13. The Hall–Kier alpha value is -1.00. The second kappa shape index (κ2) is 6.25. The highest BCUT2D eigenvalue weighted by atomic mass is 32.1. The van der Waals surface area contributed by atoms with E-state index in [2.05, 4.69) is 29.9 Å². The Labute approximate surface area is 114 Å². The molecule has 3 nitrogen and oxygen atoms in total. The van der Waals surface area contributed by atoms with E-state index in [-0.39, 0.29) is 5.91 Å². The van der Waals surface area contributed by atoms with Crippen LogP contribution in [0.3, 0.4) is 0 Å². The molecule has 0 saturated carbocycles. The van der Waals surface area contributed by atoms with Crippen LogP contribution in [0.5, 0.6) is 0 Å². The van der Waals surface area contributed by atoms with Gasteiger partial charge in [0.25, 0.3) is 0 Å². The molecule has 1 aliphatic rings. The molecule has 0 aromatic heterocycles. The third-order valence-electron chi connectivity index (χ3n) is 3.38. The molecule has 1 aliphatic heterocycles. The zero-order chi connectivity index (χ0) is 13.0. The second-order valence-electron chi connectivity index (χ2n) is 5.06. The van der Waals surface area contributed by atoms with Crippen molar-refractivity contribution in [2.45, 2.75) is 17.7 Å². The fourth-order valence-electron chi connectivity index (χ4n) is 2.31. The Morgan fingerprint density at radius 3 is 2.78 bits per heavy atom. The van der Waals surface area contributed by atoms with Crippen molar-refractivity contribution >= 4 is 18.5 Å². The van der Waals surface area contributed by atoms with Gasteiger partial charge in [-0.1, -0.05) is 12.1 Å². The first-order valence-electron chi connectivity index (χ1n) is 6.36. The third-order valence-corrected chi connectivity index (χ3v) is 3.68. The molecule has 0 aliphatic carbocycles. The van der Waals surface area contributed by atoms with Gasteiger partial charge in [-0.25, -0.2) is 0 Å². The molecule has 1 unspecified atom stereocenters. The number of hydrogen-bond donors (Lipinski definition) is 2. The number of carbonyl (C=O) groups excluding carboxylic acids is 1. The molecule has 0 radical (unpaired) electrons. The smallest absolute Gasteiger partial charge is 0.224 e. The number of nitrogens with one attached hydrogen (secondary N) is 1. The van der Waals surface area contributed by atoms with Crippen molar-refractivity contribution in [2.75, 3.05) is 26.7 Å². The Kier molecular flexibility index (Phi) is 4.66. The van der Waals surface area contributed by atoms with Gasteiger partial charge in [-0.3, -0.25) is 4.79 Å². The molecule has 1 saturated heterocycles. The van der Waals surface area contributed by atoms with E-state index in [1.54, 1.807) is 0 Å². The number of nitrogens with zero attached hydrogens (tertiary/aromatic N) is 1. The van der Waals surface area contributed by atoms with Gasteiger partial charge in [-0.05, 0) is 43.6 Å². The molecule has 1 fully saturated rings. The zero-order valence-corrected chi connectivity index (χ0v) is 11.6. The molecule has 4 heteroatoms. The standard InChI is InChI=1S/C14H20N2OS/c1-16-7-6-12(10-16)9-15-14(17)8-11-2-4-13(18)5-3-11/h2-5,12,18H,6-10H2,1H3,(H,15,17). The number of rotatable bonds is 4. The number of benzene rings is 1. The minimum atomic E-state index is 0.108. The maximum atomic E-state index is 11.8. The lowest BCUT2D eigenvalue weighted by molar-refractivity contribution is -0.120. The van der Waals surface area contributed by atoms with Crippen LogP contribution in [0.25, 0.3) is 0 Å². The Morgan fingerprint density at radius 1 is 1.44 bits per heavy atom. The molecule has 1 heterocycles. The average molecular weight is 264 g/mol. The molecule has 2 rings (SSSR count). The van der Waals surface area contributed by atoms with E-state index in [0.717, 1.165) is 30.1 Å². The highest BCUT2D eigenvalue weighted by Gasteiger charge is 2.19. The van der Waals surface area contributed by atoms with Gasteiger partial charge < -0.3 is 10.2 Å². The van der Waals surface area contributed by atoms with Crippen molar-refractivity contribution in [1.29, 1.82) is 0 Å². The van der Waals surface area contributed by atoms with Crippen molar-refractivity contribution in [3.63, 3.8) is 0 Å². The first-order valence-corrected chi connectivity index (χ1v) is 6.81. The van der Waals surface area contributed by atoms with Gasteiger partial charge in [0.2, 0.25) is 5.91 Å². The van der Waals surface area contributed by atoms with Crippen LogP contribution in [0.1, 0.15) is 12.0 Å². The lowest BCUT2D eigenvalue weighted by Crippen LogP contribution is -2.31. The Bertz CT molecular complexity index is 405. The van der Waals surface area contributed by atoms with E-state index >= 15 is 0 Å². The SMILES string of the molecule is CN1CCC(CNC(=O)Cc2ccc(S)cc2)C1. The maximum Gasteiger partial charge on any atom is 0.224 e. The molecule has 1 N–H and O–H groups in total. The van der Waals surface area contributed by atoms with Gasteiger partial charge in [-0.15, -0.1) is 12.6 Å². The van der Waals surface area contributed by atoms with E-state index in [9.17, 15) is 4.79 Å². The zero-order valence-electron chi connectivity index (χ0n) is 10.7. The normalized spacial score (nSPS) is 20.0. The molecule has 1 aromatic rings. The van der Waals surface area contributed by atoms with Gasteiger partial charge >= 0.3 is 0 Å². The first-order chi connectivity index (χ1) is 8.63. The predicted molar refractivity (Wildman–Crippen MR) is 76.0 cm³/mol. The number of thiol groups is 1. The summed E-state index contributed by atoms with van der Waals surface area (Å²) >= 11 is 4.23. The first kappa shape index (κ1) is 13.4. The summed E-state index contributed by atoms with van der Waals surface area (Å²) in [5, 5.41) is 3.02. The molecule has 0 bridgehead atoms. The van der Waals surface area contributed by atoms with Crippen molar-refractivity contribution in [3.05, 3.63) is 29.8 Å². The molecule has 0 spiro atoms.